The molecule has 0 amide bonds. The van der Waals surface area contributed by atoms with Gasteiger partial charge in [-0.2, -0.15) is 0 Å². The van der Waals surface area contributed by atoms with Gasteiger partial charge in [-0.1, -0.05) is 36.4 Å². The predicted octanol–water partition coefficient (Wildman–Crippen LogP) is 3.49. The van der Waals surface area contributed by atoms with Gasteiger partial charge in [-0.05, 0) is 36.2 Å². The van der Waals surface area contributed by atoms with E-state index in [0.717, 1.165) is 16.3 Å². The fourth-order valence-electron chi connectivity index (χ4n) is 3.24. The Morgan fingerprint density at radius 2 is 1.80 bits per heavy atom. The molecular weight excluding hydrogens is 400 g/mol. The maximum absolute atomic E-state index is 13.0. The van der Waals surface area contributed by atoms with Crippen molar-refractivity contribution in [1.82, 2.24) is 19.9 Å². The van der Waals surface area contributed by atoms with Crippen LogP contribution in [0.5, 0.6) is 5.88 Å². The lowest BCUT2D eigenvalue weighted by molar-refractivity contribution is 0.398. The average molecular weight is 420 g/mol. The van der Waals surface area contributed by atoms with E-state index in [9.17, 15) is 8.42 Å². The first-order chi connectivity index (χ1) is 14.5. The molecule has 0 spiro atoms. The molecule has 1 N–H and O–H groups in total. The minimum atomic E-state index is -3.74. The molecule has 2 aromatic heterocycles. The van der Waals surface area contributed by atoms with Crippen LogP contribution in [0.15, 0.2) is 71.9 Å². The van der Waals surface area contributed by atoms with Gasteiger partial charge >= 0.3 is 0 Å². The van der Waals surface area contributed by atoms with E-state index in [1.807, 2.05) is 36.4 Å². The number of benzene rings is 2. The quantitative estimate of drug-likeness (QED) is 0.513. The number of ether oxygens (including phenoxy) is 1. The van der Waals surface area contributed by atoms with Crippen LogP contribution in [0.25, 0.3) is 22.0 Å². The lowest BCUT2D eigenvalue weighted by Crippen LogP contribution is -2.24. The summed E-state index contributed by atoms with van der Waals surface area (Å²) in [6.07, 6.45) is 3.27. The van der Waals surface area contributed by atoms with E-state index in [1.165, 1.54) is 0 Å². The number of aromatic nitrogens is 3. The lowest BCUT2D eigenvalue weighted by Gasteiger charge is -2.12. The molecule has 2 aromatic carbocycles. The molecule has 0 saturated carbocycles. The van der Waals surface area contributed by atoms with Crippen LogP contribution in [0.1, 0.15) is 11.1 Å². The summed E-state index contributed by atoms with van der Waals surface area (Å²) < 4.78 is 33.9. The molecule has 0 aliphatic rings. The summed E-state index contributed by atoms with van der Waals surface area (Å²) in [6, 6.07) is 16.4. The Balaban J connectivity index is 1.75. The van der Waals surface area contributed by atoms with Crippen LogP contribution in [0, 0.1) is 6.92 Å². The monoisotopic (exact) mass is 420 g/mol. The SMILES string of the molecule is COc1nnc(-c2ccc(C)c(S(=O)(=O)NCc3cccnc3)c2)c2ccccc12. The summed E-state index contributed by atoms with van der Waals surface area (Å²) >= 11 is 0. The highest BCUT2D eigenvalue weighted by Gasteiger charge is 2.19. The number of methoxy groups -OCH3 is 1. The van der Waals surface area contributed by atoms with Crippen molar-refractivity contribution in [3.63, 3.8) is 0 Å². The van der Waals surface area contributed by atoms with Crippen LogP contribution in [-0.2, 0) is 16.6 Å². The van der Waals surface area contributed by atoms with Gasteiger partial charge in [0.25, 0.3) is 0 Å². The third-order valence-corrected chi connectivity index (χ3v) is 6.33. The van der Waals surface area contributed by atoms with Crippen molar-refractivity contribution >= 4 is 20.8 Å². The zero-order valence-electron chi connectivity index (χ0n) is 16.5. The van der Waals surface area contributed by atoms with Gasteiger partial charge in [0.1, 0.15) is 5.69 Å². The first-order valence-corrected chi connectivity index (χ1v) is 10.8. The molecule has 152 valence electrons. The Hall–Kier alpha value is -3.36. The summed E-state index contributed by atoms with van der Waals surface area (Å²) in [7, 11) is -2.19. The first-order valence-electron chi connectivity index (χ1n) is 9.28. The van der Waals surface area contributed by atoms with Gasteiger partial charge in [0.05, 0.1) is 12.0 Å². The molecular formula is C22H20N4O3S. The van der Waals surface area contributed by atoms with Gasteiger partial charge in [-0.3, -0.25) is 4.98 Å². The summed E-state index contributed by atoms with van der Waals surface area (Å²) in [6.45, 7) is 1.92. The average Bonchev–Trinajstić information content (AvgIpc) is 2.78. The number of fused-ring (bicyclic) bond motifs is 1. The number of hydrogen-bond acceptors (Lipinski definition) is 6. The van der Waals surface area contributed by atoms with Crippen molar-refractivity contribution in [3.05, 3.63) is 78.1 Å². The second-order valence-corrected chi connectivity index (χ2v) is 8.50. The van der Waals surface area contributed by atoms with Crippen LogP contribution in [-0.4, -0.2) is 30.7 Å². The molecule has 4 rings (SSSR count). The highest BCUT2D eigenvalue weighted by molar-refractivity contribution is 7.89. The van der Waals surface area contributed by atoms with Crippen molar-refractivity contribution in [2.45, 2.75) is 18.4 Å². The molecule has 0 radical (unpaired) electrons. The number of aryl methyl sites for hydroxylation is 1. The number of nitrogens with one attached hydrogen (secondary N) is 1. The standard InChI is InChI=1S/C22H20N4O3S/c1-15-9-10-17(21-18-7-3-4-8-19(18)22(29-2)26-25-21)12-20(15)30(27,28)24-14-16-6-5-11-23-13-16/h3-13,24H,14H2,1-2H3. The summed E-state index contributed by atoms with van der Waals surface area (Å²) in [4.78, 5) is 4.21. The van der Waals surface area contributed by atoms with E-state index >= 15 is 0 Å². The molecule has 0 aliphatic heterocycles. The molecule has 30 heavy (non-hydrogen) atoms. The van der Waals surface area contributed by atoms with Crippen LogP contribution in [0.4, 0.5) is 0 Å². The molecule has 8 heteroatoms. The second-order valence-electron chi connectivity index (χ2n) is 6.77. The predicted molar refractivity (Wildman–Crippen MR) is 115 cm³/mol. The Morgan fingerprint density at radius 3 is 2.53 bits per heavy atom. The molecule has 2 heterocycles. The van der Waals surface area contributed by atoms with E-state index in [2.05, 4.69) is 19.9 Å². The van der Waals surface area contributed by atoms with E-state index in [4.69, 9.17) is 4.74 Å². The van der Waals surface area contributed by atoms with E-state index in [1.54, 1.807) is 44.6 Å². The van der Waals surface area contributed by atoms with Crippen LogP contribution >= 0.6 is 0 Å². The van der Waals surface area contributed by atoms with E-state index in [-0.39, 0.29) is 11.4 Å². The Bertz CT molecular complexity index is 1310. The zero-order valence-corrected chi connectivity index (χ0v) is 17.3. The van der Waals surface area contributed by atoms with Crippen molar-refractivity contribution in [2.24, 2.45) is 0 Å². The molecule has 0 saturated heterocycles. The fraction of sp³-hybridized carbons (Fsp3) is 0.136. The number of pyridine rings is 1. The van der Waals surface area contributed by atoms with Gasteiger partial charge in [-0.15, -0.1) is 10.2 Å². The highest BCUT2D eigenvalue weighted by Crippen LogP contribution is 2.32. The molecule has 7 nitrogen and oxygen atoms in total. The van der Waals surface area contributed by atoms with Crippen molar-refractivity contribution < 1.29 is 13.2 Å². The van der Waals surface area contributed by atoms with Crippen molar-refractivity contribution in [2.75, 3.05) is 7.11 Å². The lowest BCUT2D eigenvalue weighted by atomic mass is 10.0. The zero-order chi connectivity index (χ0) is 21.1. The van der Waals surface area contributed by atoms with Crippen LogP contribution in [0.2, 0.25) is 0 Å². The van der Waals surface area contributed by atoms with Crippen molar-refractivity contribution in [3.8, 4) is 17.1 Å². The fourth-order valence-corrected chi connectivity index (χ4v) is 4.53. The molecule has 0 fully saturated rings. The van der Waals surface area contributed by atoms with Gasteiger partial charge < -0.3 is 4.74 Å². The highest BCUT2D eigenvalue weighted by atomic mass is 32.2. The van der Waals surface area contributed by atoms with Gasteiger partial charge in [-0.25, -0.2) is 13.1 Å². The summed E-state index contributed by atoms with van der Waals surface area (Å²) in [5.74, 6) is 0.424. The normalized spacial score (nSPS) is 11.5. The third-order valence-electron chi connectivity index (χ3n) is 4.79. The second kappa shape index (κ2) is 8.17. The van der Waals surface area contributed by atoms with Gasteiger partial charge in [0.2, 0.25) is 15.9 Å². The third kappa shape index (κ3) is 3.87. The maximum atomic E-state index is 13.0. The minimum Gasteiger partial charge on any atom is -0.479 e. The molecule has 0 bridgehead atoms. The van der Waals surface area contributed by atoms with E-state index in [0.29, 0.717) is 22.7 Å². The van der Waals surface area contributed by atoms with Gasteiger partial charge in [0, 0.05) is 35.3 Å². The Morgan fingerprint density at radius 1 is 1.00 bits per heavy atom. The maximum Gasteiger partial charge on any atom is 0.241 e. The number of hydrogen-bond donors (Lipinski definition) is 1. The topological polar surface area (TPSA) is 94.1 Å². The smallest absolute Gasteiger partial charge is 0.241 e. The van der Waals surface area contributed by atoms with Crippen molar-refractivity contribution in [1.29, 1.82) is 0 Å². The van der Waals surface area contributed by atoms with Crippen LogP contribution < -0.4 is 9.46 Å². The summed E-state index contributed by atoms with van der Waals surface area (Å²) in [5, 5.41) is 10.1. The molecule has 4 aromatic rings. The number of rotatable bonds is 6. The van der Waals surface area contributed by atoms with E-state index < -0.39 is 10.0 Å². The van der Waals surface area contributed by atoms with Crippen LogP contribution in [0.3, 0.4) is 0 Å². The van der Waals surface area contributed by atoms with Gasteiger partial charge in [0.15, 0.2) is 0 Å². The first kappa shape index (κ1) is 19.9. The molecule has 0 atom stereocenters. The number of sulfonamides is 1. The molecule has 0 aliphatic carbocycles. The minimum absolute atomic E-state index is 0.158. The Kier molecular flexibility index (Phi) is 5.43. The molecule has 0 unspecified atom stereocenters. The Labute approximate surface area is 174 Å². The largest absolute Gasteiger partial charge is 0.479 e. The summed E-state index contributed by atoms with van der Waals surface area (Å²) in [5.41, 5.74) is 2.67. The number of nitrogens with zero attached hydrogens (tertiary/aromatic N) is 3.